The average Bonchev–Trinajstić information content (AvgIpc) is 2.57. The summed E-state index contributed by atoms with van der Waals surface area (Å²) in [4.78, 5) is 12.6. The van der Waals surface area contributed by atoms with E-state index < -0.39 is 59.6 Å². The molecule has 27 heavy (non-hydrogen) atoms. The number of thioether (sulfide) groups is 1. The molecule has 0 radical (unpaired) electrons. The Morgan fingerprint density at radius 2 is 2.00 bits per heavy atom. The summed E-state index contributed by atoms with van der Waals surface area (Å²) in [5.41, 5.74) is -0.788. The maximum absolute atomic E-state index is 12.6. The number of aliphatic hydroxyl groups is 3. The number of ether oxygens (including phenoxy) is 1. The smallest absolute Gasteiger partial charge is 0.238 e. The van der Waals surface area contributed by atoms with Crippen LogP contribution in [0.1, 0.15) is 19.8 Å². The van der Waals surface area contributed by atoms with E-state index in [9.17, 15) is 28.9 Å². The van der Waals surface area contributed by atoms with Crippen LogP contribution in [0.15, 0.2) is 0 Å². The Hall–Kier alpha value is -0.230. The molecule has 0 saturated carbocycles. The SMILES string of the molecule is CSC1OC(C(NC(=O)C2NCC2CCC(F)F)C(C)Cl)C(O)C(O)C1O. The molecule has 2 saturated heterocycles. The molecule has 1 amide bonds. The first-order valence-electron chi connectivity index (χ1n) is 8.85. The minimum atomic E-state index is -2.41. The van der Waals surface area contributed by atoms with Crippen molar-refractivity contribution in [2.24, 2.45) is 5.92 Å². The molecule has 0 aliphatic carbocycles. The number of aliphatic hydroxyl groups excluding tert-OH is 3. The first-order valence-corrected chi connectivity index (χ1v) is 10.6. The zero-order valence-corrected chi connectivity index (χ0v) is 16.7. The molecule has 2 rings (SSSR count). The quantitative estimate of drug-likeness (QED) is 0.341. The molecule has 9 atom stereocenters. The molecule has 2 heterocycles. The van der Waals surface area contributed by atoms with E-state index in [0.717, 1.165) is 11.8 Å². The lowest BCUT2D eigenvalue weighted by atomic mass is 9.86. The largest absolute Gasteiger partial charge is 0.388 e. The number of carbonyl (C=O) groups is 1. The minimum Gasteiger partial charge on any atom is -0.388 e. The molecule has 158 valence electrons. The van der Waals surface area contributed by atoms with Crippen molar-refractivity contribution in [3.63, 3.8) is 0 Å². The van der Waals surface area contributed by atoms with Gasteiger partial charge in [-0.15, -0.1) is 23.4 Å². The Balaban J connectivity index is 2.03. The molecule has 0 aromatic heterocycles. The summed E-state index contributed by atoms with van der Waals surface area (Å²) >= 11 is 7.35. The summed E-state index contributed by atoms with van der Waals surface area (Å²) in [7, 11) is 0. The third-order valence-corrected chi connectivity index (χ3v) is 6.23. The van der Waals surface area contributed by atoms with Gasteiger partial charge in [-0.05, 0) is 25.5 Å². The predicted octanol–water partition coefficient (Wildman–Crippen LogP) is -0.0976. The van der Waals surface area contributed by atoms with Gasteiger partial charge >= 0.3 is 0 Å². The Morgan fingerprint density at radius 3 is 2.48 bits per heavy atom. The molecule has 2 aliphatic heterocycles. The van der Waals surface area contributed by atoms with E-state index in [0.29, 0.717) is 6.54 Å². The number of hydrogen-bond donors (Lipinski definition) is 5. The van der Waals surface area contributed by atoms with Crippen molar-refractivity contribution >= 4 is 29.3 Å². The Bertz CT molecular complexity index is 505. The molecule has 0 bridgehead atoms. The molecule has 0 aromatic carbocycles. The lowest BCUT2D eigenvalue weighted by Crippen LogP contribution is -2.67. The van der Waals surface area contributed by atoms with E-state index in [-0.39, 0.29) is 18.8 Å². The van der Waals surface area contributed by atoms with Crippen LogP contribution in [0.5, 0.6) is 0 Å². The van der Waals surface area contributed by atoms with Crippen LogP contribution in [0.4, 0.5) is 8.78 Å². The van der Waals surface area contributed by atoms with Crippen molar-refractivity contribution in [2.75, 3.05) is 12.8 Å². The van der Waals surface area contributed by atoms with Gasteiger partial charge in [-0.2, -0.15) is 0 Å². The first-order chi connectivity index (χ1) is 12.7. The van der Waals surface area contributed by atoms with Crippen molar-refractivity contribution in [2.45, 2.75) is 73.5 Å². The van der Waals surface area contributed by atoms with Crippen molar-refractivity contribution < 1.29 is 33.6 Å². The van der Waals surface area contributed by atoms with Gasteiger partial charge in [0.1, 0.15) is 29.9 Å². The van der Waals surface area contributed by atoms with Crippen molar-refractivity contribution in [1.82, 2.24) is 10.6 Å². The van der Waals surface area contributed by atoms with Gasteiger partial charge < -0.3 is 30.7 Å². The molecule has 0 spiro atoms. The van der Waals surface area contributed by atoms with Crippen LogP contribution in [-0.4, -0.2) is 87.8 Å². The fourth-order valence-corrected chi connectivity index (χ4v) is 4.28. The van der Waals surface area contributed by atoms with Gasteiger partial charge in [-0.1, -0.05) is 0 Å². The zero-order valence-electron chi connectivity index (χ0n) is 15.1. The second-order valence-electron chi connectivity index (χ2n) is 7.00. The Labute approximate surface area is 166 Å². The highest BCUT2D eigenvalue weighted by Gasteiger charge is 2.48. The summed E-state index contributed by atoms with van der Waals surface area (Å²) in [5.74, 6) is -0.621. The fraction of sp³-hybridized carbons (Fsp3) is 0.938. The van der Waals surface area contributed by atoms with E-state index in [1.54, 1.807) is 13.2 Å². The van der Waals surface area contributed by atoms with Crippen LogP contribution in [0.3, 0.4) is 0 Å². The fourth-order valence-electron chi connectivity index (χ4n) is 3.40. The summed E-state index contributed by atoms with van der Waals surface area (Å²) in [6, 6.07) is -1.46. The topological polar surface area (TPSA) is 111 Å². The van der Waals surface area contributed by atoms with Gasteiger partial charge in [0, 0.05) is 13.0 Å². The van der Waals surface area contributed by atoms with Gasteiger partial charge in [0.15, 0.2) is 0 Å². The Kier molecular flexibility index (Phi) is 8.54. The lowest BCUT2D eigenvalue weighted by molar-refractivity contribution is -0.205. The lowest BCUT2D eigenvalue weighted by Gasteiger charge is -2.45. The predicted molar refractivity (Wildman–Crippen MR) is 98.0 cm³/mol. The highest BCUT2D eigenvalue weighted by molar-refractivity contribution is 7.99. The standard InChI is InChI=1S/C16H27ClF2N2O5S/c1-6(17)9(14-12(23)11(22)13(24)16(26-14)27-2)21-15(25)10-7(5-20-10)3-4-8(18)19/h6-14,16,20,22-24H,3-5H2,1-2H3,(H,21,25). The number of alkyl halides is 3. The molecular formula is C16H27ClF2N2O5S. The molecule has 2 aliphatic rings. The van der Waals surface area contributed by atoms with E-state index in [1.165, 1.54) is 0 Å². The second-order valence-corrected chi connectivity index (χ2v) is 8.63. The second kappa shape index (κ2) is 10.00. The molecule has 7 nitrogen and oxygen atoms in total. The highest BCUT2D eigenvalue weighted by atomic mass is 35.5. The number of carbonyl (C=O) groups excluding carboxylic acids is 1. The number of rotatable bonds is 8. The molecule has 0 aromatic rings. The van der Waals surface area contributed by atoms with Gasteiger partial charge in [0.25, 0.3) is 0 Å². The number of nitrogens with one attached hydrogen (secondary N) is 2. The summed E-state index contributed by atoms with van der Waals surface area (Å²) in [5, 5.41) is 35.3. The average molecular weight is 433 g/mol. The number of halogens is 3. The molecule has 9 unspecified atom stereocenters. The van der Waals surface area contributed by atoms with Crippen LogP contribution in [0, 0.1) is 5.92 Å². The van der Waals surface area contributed by atoms with Crippen LogP contribution >= 0.6 is 23.4 Å². The maximum atomic E-state index is 12.6. The third-order valence-electron chi connectivity index (χ3n) is 5.11. The normalized spacial score (nSPS) is 38.9. The first kappa shape index (κ1) is 23.1. The van der Waals surface area contributed by atoms with Crippen LogP contribution < -0.4 is 10.6 Å². The monoisotopic (exact) mass is 432 g/mol. The van der Waals surface area contributed by atoms with Crippen LogP contribution in [-0.2, 0) is 9.53 Å². The summed E-state index contributed by atoms with van der Waals surface area (Å²) in [6.45, 7) is 2.09. The van der Waals surface area contributed by atoms with Gasteiger partial charge in [-0.3, -0.25) is 4.79 Å². The maximum Gasteiger partial charge on any atom is 0.238 e. The van der Waals surface area contributed by atoms with Gasteiger partial charge in [0.05, 0.1) is 17.5 Å². The number of amides is 1. The number of hydrogen-bond acceptors (Lipinski definition) is 7. The van der Waals surface area contributed by atoms with Gasteiger partial charge in [0.2, 0.25) is 12.3 Å². The van der Waals surface area contributed by atoms with Crippen molar-refractivity contribution in [3.05, 3.63) is 0 Å². The van der Waals surface area contributed by atoms with E-state index in [1.807, 2.05) is 0 Å². The third kappa shape index (κ3) is 5.43. The minimum absolute atomic E-state index is 0.200. The van der Waals surface area contributed by atoms with Crippen LogP contribution in [0.2, 0.25) is 0 Å². The van der Waals surface area contributed by atoms with Crippen molar-refractivity contribution in [1.29, 1.82) is 0 Å². The van der Waals surface area contributed by atoms with E-state index in [4.69, 9.17) is 16.3 Å². The van der Waals surface area contributed by atoms with Crippen LogP contribution in [0.25, 0.3) is 0 Å². The summed E-state index contributed by atoms with van der Waals surface area (Å²) in [6.07, 6.45) is -5.97. The highest BCUT2D eigenvalue weighted by Crippen LogP contribution is 2.30. The Morgan fingerprint density at radius 1 is 1.33 bits per heavy atom. The molecular weight excluding hydrogens is 406 g/mol. The summed E-state index contributed by atoms with van der Waals surface area (Å²) < 4.78 is 30.5. The van der Waals surface area contributed by atoms with E-state index >= 15 is 0 Å². The van der Waals surface area contributed by atoms with Crippen molar-refractivity contribution in [3.8, 4) is 0 Å². The van der Waals surface area contributed by atoms with E-state index in [2.05, 4.69) is 10.6 Å². The van der Waals surface area contributed by atoms with Gasteiger partial charge in [-0.25, -0.2) is 8.78 Å². The zero-order chi connectivity index (χ0) is 20.3. The molecule has 2 fully saturated rings. The molecule has 5 N–H and O–H groups in total. The molecule has 11 heteroatoms.